The van der Waals surface area contributed by atoms with Crippen LogP contribution in [0.1, 0.15) is 76.4 Å². The van der Waals surface area contributed by atoms with Gasteiger partial charge in [0.05, 0.1) is 30.1 Å². The Labute approximate surface area is 403 Å². The van der Waals surface area contributed by atoms with Gasteiger partial charge in [-0.1, -0.05) is 24.3 Å². The Morgan fingerprint density at radius 1 is 0.559 bits per heavy atom. The normalized spacial score (nSPS) is 19.5. The van der Waals surface area contributed by atoms with Gasteiger partial charge in [-0.3, -0.25) is 9.59 Å². The summed E-state index contributed by atoms with van der Waals surface area (Å²) in [4.78, 5) is 33.3. The summed E-state index contributed by atoms with van der Waals surface area (Å²) in [6.45, 7) is 15.7. The van der Waals surface area contributed by atoms with Crippen molar-refractivity contribution < 1.29 is 56.1 Å². The summed E-state index contributed by atoms with van der Waals surface area (Å²) in [5.41, 5.74) is 2.45. The van der Waals surface area contributed by atoms with Crippen LogP contribution in [0, 0.1) is 11.6 Å². The van der Waals surface area contributed by atoms with E-state index in [0.29, 0.717) is 44.7 Å². The molecule has 0 amide bonds. The van der Waals surface area contributed by atoms with E-state index in [2.05, 4.69) is 25.9 Å². The second-order valence-corrected chi connectivity index (χ2v) is 18.7. The summed E-state index contributed by atoms with van der Waals surface area (Å²) in [5.74, 6) is 0.0369. The Morgan fingerprint density at radius 2 is 0.956 bits per heavy atom. The number of carbonyl (C=O) groups excluding carboxylic acids is 2. The lowest BCUT2D eigenvalue weighted by atomic mass is 9.79. The number of ketones is 2. The van der Waals surface area contributed by atoms with Crippen LogP contribution in [0.4, 0.5) is 8.78 Å². The predicted octanol–water partition coefficient (Wildman–Crippen LogP) is 11.1. The first-order chi connectivity index (χ1) is 32.1. The fraction of sp³-hybridized carbons (Fsp3) is 0.308. The molecule has 0 spiro atoms. The van der Waals surface area contributed by atoms with Crippen molar-refractivity contribution >= 4 is 40.1 Å². The molecule has 12 nitrogen and oxygen atoms in total. The zero-order chi connectivity index (χ0) is 48.9. The molecular weight excluding hydrogens is 941 g/mol. The minimum atomic E-state index is -0.766. The molecule has 5 heterocycles. The Balaban J connectivity index is 0.000000158. The molecule has 0 N–H and O–H groups in total. The lowest BCUT2D eigenvalue weighted by Crippen LogP contribution is -2.41. The Bertz CT molecular complexity index is 2670. The number of carbonyl (C=O) groups is 2. The number of ether oxygens (including phenoxy) is 6. The summed E-state index contributed by atoms with van der Waals surface area (Å²) in [6.07, 6.45) is -1.21. The number of benzene rings is 4. The van der Waals surface area contributed by atoms with Crippen LogP contribution in [-0.4, -0.2) is 76.9 Å². The van der Waals surface area contributed by atoms with E-state index in [-0.39, 0.29) is 54.7 Å². The number of pyridine rings is 2. The van der Waals surface area contributed by atoms with Crippen molar-refractivity contribution in [3.8, 4) is 34.3 Å². The largest absolute Gasteiger partial charge is 0.494 e. The minimum Gasteiger partial charge on any atom is -0.457 e. The van der Waals surface area contributed by atoms with Crippen LogP contribution in [0.25, 0.3) is 11.3 Å². The Hall–Kier alpha value is -5.72. The molecule has 0 radical (unpaired) electrons. The monoisotopic (exact) mass is 992 g/mol. The molecule has 2 aromatic heterocycles. The highest BCUT2D eigenvalue weighted by molar-refractivity contribution is 9.10. The first-order valence-corrected chi connectivity index (χ1v) is 22.7. The van der Waals surface area contributed by atoms with Crippen molar-refractivity contribution in [1.29, 1.82) is 0 Å². The highest BCUT2D eigenvalue weighted by Gasteiger charge is 2.51. The summed E-state index contributed by atoms with van der Waals surface area (Å²) >= 11 is 3.23. The highest BCUT2D eigenvalue weighted by atomic mass is 79.9. The van der Waals surface area contributed by atoms with E-state index in [0.717, 1.165) is 11.0 Å². The van der Waals surface area contributed by atoms with Gasteiger partial charge in [0, 0.05) is 5.56 Å². The molecule has 0 saturated carbocycles. The smallest absolute Gasteiger partial charge is 0.457 e. The van der Waals surface area contributed by atoms with Crippen LogP contribution in [0.3, 0.4) is 0 Å². The standard InChI is InChI=1S/C23H20FNO4.C18H20BFO3.C11H12BrNO3/c1-23(2)27-14-21(29-23)22(26)20-5-3-4-19(25-20)15-6-10-17(11-7-15)28-18-12-8-16(24)9-13-18;1-17(2)18(3,4)23-19(22-17)13-5-9-15(10-6-13)21-16-11-7-14(20)8-12-16;1-11(2)15-6-8(16-11)10(14)7-4-3-5-9(12)13-7/h3-13,21H,14H2,1-2H3;5-12H,1-4H3;3-5,8H,6H2,1-2H3/t21-;;8-/m1.1/s1. The van der Waals surface area contributed by atoms with Crippen molar-refractivity contribution in [2.75, 3.05) is 13.2 Å². The van der Waals surface area contributed by atoms with E-state index in [4.69, 9.17) is 37.7 Å². The van der Waals surface area contributed by atoms with Gasteiger partial charge in [0.25, 0.3) is 0 Å². The third-order valence-corrected chi connectivity index (χ3v) is 11.7. The van der Waals surface area contributed by atoms with Crippen LogP contribution < -0.4 is 14.9 Å². The number of nitrogens with zero attached hydrogens (tertiary/aromatic N) is 2. The average Bonchev–Trinajstić information content (AvgIpc) is 3.94. The summed E-state index contributed by atoms with van der Waals surface area (Å²) in [5, 5.41) is 0. The van der Waals surface area contributed by atoms with Gasteiger partial charge < -0.3 is 37.7 Å². The molecule has 9 rings (SSSR count). The van der Waals surface area contributed by atoms with Gasteiger partial charge in [0.15, 0.2) is 11.6 Å². The van der Waals surface area contributed by atoms with Crippen molar-refractivity contribution in [3.05, 3.63) is 161 Å². The quantitative estimate of drug-likeness (QED) is 0.0735. The summed E-state index contributed by atoms with van der Waals surface area (Å²) in [6, 6.07) is 37.1. The fourth-order valence-electron chi connectivity index (χ4n) is 6.88. The van der Waals surface area contributed by atoms with Crippen LogP contribution in [0.2, 0.25) is 0 Å². The summed E-state index contributed by atoms with van der Waals surface area (Å²) in [7, 11) is -0.389. The van der Waals surface area contributed by atoms with Crippen molar-refractivity contribution in [2.24, 2.45) is 0 Å². The number of hydrogen-bond donors (Lipinski definition) is 0. The van der Waals surface area contributed by atoms with Gasteiger partial charge in [-0.05, 0) is 186 Å². The second-order valence-electron chi connectivity index (χ2n) is 17.9. The number of rotatable bonds is 10. The highest BCUT2D eigenvalue weighted by Crippen LogP contribution is 2.37. The molecule has 3 saturated heterocycles. The Kier molecular flexibility index (Phi) is 15.4. The lowest BCUT2D eigenvalue weighted by Gasteiger charge is -2.32. The van der Waals surface area contributed by atoms with Gasteiger partial charge in [-0.2, -0.15) is 0 Å². The van der Waals surface area contributed by atoms with Gasteiger partial charge in [0.1, 0.15) is 62.8 Å². The maximum Gasteiger partial charge on any atom is 0.494 e. The molecule has 354 valence electrons. The van der Waals surface area contributed by atoms with Crippen LogP contribution >= 0.6 is 15.9 Å². The molecule has 68 heavy (non-hydrogen) atoms. The van der Waals surface area contributed by atoms with Gasteiger partial charge in [0.2, 0.25) is 11.6 Å². The molecule has 0 bridgehead atoms. The van der Waals surface area contributed by atoms with E-state index in [1.54, 1.807) is 94.4 Å². The van der Waals surface area contributed by atoms with Gasteiger partial charge in [-0.25, -0.2) is 18.7 Å². The number of hydrogen-bond acceptors (Lipinski definition) is 12. The SMILES string of the molecule is CC1(C)OB(c2ccc(Oc3ccc(F)cc3)cc2)OC1(C)C.CC1(C)OC[C@H](C(=O)c2cccc(-c3ccc(Oc4ccc(F)cc4)cc3)n2)O1.CC1(C)OC[C@H](C(=O)c2cccc(Br)n2)O1. The second kappa shape index (κ2) is 20.9. The zero-order valence-electron chi connectivity index (χ0n) is 39.0. The van der Waals surface area contributed by atoms with E-state index >= 15 is 0 Å². The maximum absolute atomic E-state index is 13.0. The molecule has 0 unspecified atom stereocenters. The first-order valence-electron chi connectivity index (χ1n) is 21.9. The van der Waals surface area contributed by atoms with Gasteiger partial charge in [-0.15, -0.1) is 0 Å². The van der Waals surface area contributed by atoms with Crippen LogP contribution in [0.15, 0.2) is 138 Å². The fourth-order valence-corrected chi connectivity index (χ4v) is 7.23. The molecule has 2 atom stereocenters. The number of aromatic nitrogens is 2. The summed E-state index contributed by atoms with van der Waals surface area (Å²) < 4.78 is 71.9. The molecule has 6 aromatic rings. The molecule has 3 aliphatic rings. The third-order valence-electron chi connectivity index (χ3n) is 11.2. The average molecular weight is 994 g/mol. The molecule has 4 aromatic carbocycles. The van der Waals surface area contributed by atoms with E-state index in [1.807, 2.05) is 70.2 Å². The number of Topliss-reactive ketones (excluding diaryl/α,β-unsaturated/α-hetero) is 2. The molecule has 0 aliphatic carbocycles. The predicted molar refractivity (Wildman–Crippen MR) is 255 cm³/mol. The minimum absolute atomic E-state index is 0.146. The van der Waals surface area contributed by atoms with Crippen LogP contribution in [-0.2, 0) is 28.3 Å². The third kappa shape index (κ3) is 13.1. The molecular formula is C52H52BBrF2N2O10. The molecule has 16 heteroatoms. The maximum atomic E-state index is 13.0. The number of halogens is 3. The van der Waals surface area contributed by atoms with E-state index in [1.165, 1.54) is 24.3 Å². The van der Waals surface area contributed by atoms with Crippen molar-refractivity contribution in [1.82, 2.24) is 9.97 Å². The zero-order valence-corrected chi connectivity index (χ0v) is 40.5. The van der Waals surface area contributed by atoms with Gasteiger partial charge >= 0.3 is 7.12 Å². The topological polar surface area (TPSA) is 134 Å². The van der Waals surface area contributed by atoms with E-state index < -0.39 is 23.8 Å². The van der Waals surface area contributed by atoms with Crippen molar-refractivity contribution in [3.63, 3.8) is 0 Å². The lowest BCUT2D eigenvalue weighted by molar-refractivity contribution is -0.133. The van der Waals surface area contributed by atoms with E-state index in [9.17, 15) is 18.4 Å². The Morgan fingerprint density at radius 3 is 1.37 bits per heavy atom. The molecule has 3 aliphatic heterocycles. The molecule has 3 fully saturated rings. The van der Waals surface area contributed by atoms with Crippen LogP contribution in [0.5, 0.6) is 23.0 Å². The van der Waals surface area contributed by atoms with Crippen molar-refractivity contribution in [2.45, 2.75) is 90.4 Å². The first kappa shape index (κ1) is 50.2.